The molecule has 0 saturated heterocycles. The molecule has 0 amide bonds. The monoisotopic (exact) mass is 286 g/mol. The van der Waals surface area contributed by atoms with E-state index in [1.165, 1.54) is 11.3 Å². The minimum absolute atomic E-state index is 0.220. The van der Waals surface area contributed by atoms with Crippen LogP contribution in [0.2, 0.25) is 0 Å². The lowest BCUT2D eigenvalue weighted by Gasteiger charge is -2.26. The number of aromatic nitrogens is 2. The first-order valence-corrected chi connectivity index (χ1v) is 7.46. The minimum Gasteiger partial charge on any atom is -0.302 e. The van der Waals surface area contributed by atoms with Crippen LogP contribution in [0.1, 0.15) is 5.56 Å². The fraction of sp³-hybridized carbons (Fsp3) is 0.111. The van der Waals surface area contributed by atoms with Crippen LogP contribution >= 0.6 is 0 Å². The highest BCUT2D eigenvalue weighted by Gasteiger charge is 2.44. The zero-order chi connectivity index (χ0) is 14.5. The number of rotatable bonds is 1. The van der Waals surface area contributed by atoms with Crippen LogP contribution in [0.5, 0.6) is 0 Å². The first kappa shape index (κ1) is 11.7. The van der Waals surface area contributed by atoms with Gasteiger partial charge in [0.15, 0.2) is 11.6 Å². The van der Waals surface area contributed by atoms with Crippen LogP contribution in [0, 0.1) is 0 Å². The predicted molar refractivity (Wildman–Crippen MR) is 86.7 cm³/mol. The number of fused-ring (bicyclic) bond motifs is 5. The van der Waals surface area contributed by atoms with E-state index in [9.17, 15) is 0 Å². The Morgan fingerprint density at radius 1 is 0.773 bits per heavy atom. The van der Waals surface area contributed by atoms with Crippen molar-refractivity contribution in [2.24, 2.45) is 0 Å². The van der Waals surface area contributed by atoms with Gasteiger partial charge >= 0.3 is 0 Å². The molecule has 0 unspecified atom stereocenters. The summed E-state index contributed by atoms with van der Waals surface area (Å²) >= 11 is 0. The molecule has 4 nitrogen and oxygen atoms in total. The van der Waals surface area contributed by atoms with Gasteiger partial charge < -0.3 is 9.80 Å². The fourth-order valence-electron chi connectivity index (χ4n) is 3.52. The molecule has 0 spiro atoms. The predicted octanol–water partition coefficient (Wildman–Crippen LogP) is 3.65. The molecular weight excluding hydrogens is 272 g/mol. The van der Waals surface area contributed by atoms with Gasteiger partial charge in [-0.3, -0.25) is 0 Å². The molecule has 0 aliphatic carbocycles. The van der Waals surface area contributed by atoms with E-state index in [4.69, 9.17) is 0 Å². The van der Waals surface area contributed by atoms with Crippen molar-refractivity contribution < 1.29 is 0 Å². The van der Waals surface area contributed by atoms with Crippen LogP contribution in [0.4, 0.5) is 23.0 Å². The van der Waals surface area contributed by atoms with Crippen LogP contribution in [0.15, 0.2) is 67.0 Å². The Morgan fingerprint density at radius 2 is 1.45 bits per heavy atom. The van der Waals surface area contributed by atoms with E-state index in [2.05, 4.69) is 68.3 Å². The standard InChI is InChI=1S/C18H14N4/c1-2-7-14(8-3-1)21-16-12-13-6-4-5-9-15(13)22(16)18-17(21)19-10-11-20-18/h1-11,16H,12H2/t16-/m1/s1. The minimum atomic E-state index is 0.220. The fourth-order valence-corrected chi connectivity index (χ4v) is 3.52. The largest absolute Gasteiger partial charge is 0.302 e. The van der Waals surface area contributed by atoms with E-state index in [1.807, 2.05) is 6.07 Å². The lowest BCUT2D eigenvalue weighted by molar-refractivity contribution is 0.723. The van der Waals surface area contributed by atoms with Gasteiger partial charge in [0.1, 0.15) is 6.17 Å². The van der Waals surface area contributed by atoms with Crippen molar-refractivity contribution in [1.29, 1.82) is 0 Å². The Balaban J connectivity index is 1.73. The van der Waals surface area contributed by atoms with E-state index in [-0.39, 0.29) is 6.17 Å². The number of anilines is 4. The van der Waals surface area contributed by atoms with Crippen molar-refractivity contribution in [2.75, 3.05) is 9.80 Å². The van der Waals surface area contributed by atoms with Crippen LogP contribution in [0.25, 0.3) is 0 Å². The maximum Gasteiger partial charge on any atom is 0.178 e. The van der Waals surface area contributed by atoms with Crippen molar-refractivity contribution in [3.8, 4) is 0 Å². The van der Waals surface area contributed by atoms with Gasteiger partial charge in [0, 0.05) is 30.2 Å². The maximum absolute atomic E-state index is 4.60. The molecule has 1 aromatic heterocycles. The SMILES string of the molecule is c1ccc(N2c3nccnc3N3c4ccccc4C[C@H]23)cc1. The normalized spacial score (nSPS) is 18.1. The Labute approximate surface area is 128 Å². The number of hydrogen-bond donors (Lipinski definition) is 0. The van der Waals surface area contributed by atoms with E-state index < -0.39 is 0 Å². The average Bonchev–Trinajstić information content (AvgIpc) is 3.10. The van der Waals surface area contributed by atoms with Crippen LogP contribution < -0.4 is 9.80 Å². The summed E-state index contributed by atoms with van der Waals surface area (Å²) in [5.74, 6) is 1.88. The molecule has 2 aliphatic rings. The Kier molecular flexibility index (Phi) is 2.30. The van der Waals surface area contributed by atoms with Crippen molar-refractivity contribution in [2.45, 2.75) is 12.6 Å². The Bertz CT molecular complexity index is 831. The quantitative estimate of drug-likeness (QED) is 0.683. The first-order valence-electron chi connectivity index (χ1n) is 7.46. The average molecular weight is 286 g/mol. The summed E-state index contributed by atoms with van der Waals surface area (Å²) in [6.07, 6.45) is 4.73. The van der Waals surface area contributed by atoms with Gasteiger partial charge in [-0.25, -0.2) is 9.97 Å². The van der Waals surface area contributed by atoms with Gasteiger partial charge in [0.2, 0.25) is 0 Å². The third-order valence-electron chi connectivity index (χ3n) is 4.40. The molecule has 2 aliphatic heterocycles. The van der Waals surface area contributed by atoms with E-state index in [1.54, 1.807) is 12.4 Å². The molecule has 0 N–H and O–H groups in total. The summed E-state index contributed by atoms with van der Waals surface area (Å²) in [5, 5.41) is 0. The zero-order valence-electron chi connectivity index (χ0n) is 11.9. The Hall–Kier alpha value is -2.88. The number of nitrogens with zero attached hydrogens (tertiary/aromatic N) is 4. The summed E-state index contributed by atoms with van der Waals surface area (Å²) in [5.41, 5.74) is 3.77. The second kappa shape index (κ2) is 4.31. The summed E-state index contributed by atoms with van der Waals surface area (Å²) < 4.78 is 0. The van der Waals surface area contributed by atoms with E-state index in [0.717, 1.165) is 23.7 Å². The summed E-state index contributed by atoms with van der Waals surface area (Å²) in [7, 11) is 0. The number of benzene rings is 2. The smallest absolute Gasteiger partial charge is 0.178 e. The first-order chi connectivity index (χ1) is 10.9. The summed E-state index contributed by atoms with van der Waals surface area (Å²) in [6, 6.07) is 19.0. The topological polar surface area (TPSA) is 32.3 Å². The zero-order valence-corrected chi connectivity index (χ0v) is 11.9. The van der Waals surface area contributed by atoms with Crippen LogP contribution in [-0.4, -0.2) is 16.1 Å². The molecule has 4 heteroatoms. The molecule has 0 bridgehead atoms. The van der Waals surface area contributed by atoms with Gasteiger partial charge in [-0.15, -0.1) is 0 Å². The van der Waals surface area contributed by atoms with Crippen molar-refractivity contribution in [3.05, 3.63) is 72.6 Å². The van der Waals surface area contributed by atoms with Crippen molar-refractivity contribution >= 4 is 23.0 Å². The number of para-hydroxylation sites is 2. The molecule has 3 aromatic rings. The maximum atomic E-state index is 4.60. The highest BCUT2D eigenvalue weighted by molar-refractivity contribution is 5.86. The molecule has 1 atom stereocenters. The molecule has 3 heterocycles. The third-order valence-corrected chi connectivity index (χ3v) is 4.40. The van der Waals surface area contributed by atoms with Crippen LogP contribution in [-0.2, 0) is 6.42 Å². The van der Waals surface area contributed by atoms with E-state index >= 15 is 0 Å². The van der Waals surface area contributed by atoms with Gasteiger partial charge in [-0.1, -0.05) is 36.4 Å². The molecular formula is C18H14N4. The third kappa shape index (κ3) is 1.46. The van der Waals surface area contributed by atoms with Gasteiger partial charge in [-0.2, -0.15) is 0 Å². The molecule has 106 valence electrons. The van der Waals surface area contributed by atoms with Crippen molar-refractivity contribution in [3.63, 3.8) is 0 Å². The van der Waals surface area contributed by atoms with Gasteiger partial charge in [-0.05, 0) is 23.8 Å². The second-order valence-electron chi connectivity index (χ2n) is 5.59. The second-order valence-corrected chi connectivity index (χ2v) is 5.59. The summed E-state index contributed by atoms with van der Waals surface area (Å²) in [4.78, 5) is 13.8. The molecule has 22 heavy (non-hydrogen) atoms. The Morgan fingerprint density at radius 3 is 2.27 bits per heavy atom. The molecule has 5 rings (SSSR count). The lowest BCUT2D eigenvalue weighted by atomic mass is 10.1. The van der Waals surface area contributed by atoms with Gasteiger partial charge in [0.25, 0.3) is 0 Å². The van der Waals surface area contributed by atoms with E-state index in [0.29, 0.717) is 0 Å². The highest BCUT2D eigenvalue weighted by Crippen LogP contribution is 2.50. The summed E-state index contributed by atoms with van der Waals surface area (Å²) in [6.45, 7) is 0. The highest BCUT2D eigenvalue weighted by atomic mass is 15.5. The molecule has 2 aromatic carbocycles. The molecule has 0 radical (unpaired) electrons. The number of hydrogen-bond acceptors (Lipinski definition) is 4. The molecule has 0 saturated carbocycles. The lowest BCUT2D eigenvalue weighted by Crippen LogP contribution is -2.35. The van der Waals surface area contributed by atoms with Crippen molar-refractivity contribution in [1.82, 2.24) is 9.97 Å². The molecule has 0 fully saturated rings. The van der Waals surface area contributed by atoms with Gasteiger partial charge in [0.05, 0.1) is 0 Å². The van der Waals surface area contributed by atoms with Crippen LogP contribution in [0.3, 0.4) is 0 Å².